The highest BCUT2D eigenvalue weighted by Gasteiger charge is 2.35. The van der Waals surface area contributed by atoms with Gasteiger partial charge in [-0.25, -0.2) is 8.42 Å². The molecule has 2 aromatic carbocycles. The van der Waals surface area contributed by atoms with E-state index in [4.69, 9.17) is 17.3 Å². The predicted molar refractivity (Wildman–Crippen MR) is 116 cm³/mol. The summed E-state index contributed by atoms with van der Waals surface area (Å²) < 4.78 is 23.4. The molecule has 0 unspecified atom stereocenters. The molecular formula is C22H29ClN2O2S. The quantitative estimate of drug-likeness (QED) is 0.716. The van der Waals surface area contributed by atoms with Crippen molar-refractivity contribution < 1.29 is 8.42 Å². The fourth-order valence-corrected chi connectivity index (χ4v) is 5.04. The van der Waals surface area contributed by atoms with E-state index in [1.165, 1.54) is 11.8 Å². The van der Waals surface area contributed by atoms with Crippen molar-refractivity contribution in [2.24, 2.45) is 5.73 Å². The second-order valence-corrected chi connectivity index (χ2v) is 10.3. The predicted octanol–water partition coefficient (Wildman–Crippen LogP) is 3.71. The van der Waals surface area contributed by atoms with Crippen LogP contribution < -0.4 is 11.1 Å². The first-order valence-electron chi connectivity index (χ1n) is 9.81. The molecule has 152 valence electrons. The van der Waals surface area contributed by atoms with Gasteiger partial charge in [0, 0.05) is 29.3 Å². The zero-order chi connectivity index (χ0) is 20.2. The summed E-state index contributed by atoms with van der Waals surface area (Å²) in [7, 11) is -3.16. The lowest BCUT2D eigenvalue weighted by Gasteiger charge is -2.40. The van der Waals surface area contributed by atoms with Crippen LogP contribution in [0.4, 0.5) is 0 Å². The Bertz CT molecular complexity index is 906. The fourth-order valence-electron chi connectivity index (χ4n) is 4.16. The Balaban J connectivity index is 1.53. The lowest BCUT2D eigenvalue weighted by molar-refractivity contribution is 0.252. The summed E-state index contributed by atoms with van der Waals surface area (Å²) in [6, 6.07) is 15.8. The molecule has 3 N–H and O–H groups in total. The first-order valence-corrected chi connectivity index (χ1v) is 12.1. The third-order valence-corrected chi connectivity index (χ3v) is 7.29. The third-order valence-electron chi connectivity index (χ3n) is 5.94. The average molecular weight is 421 g/mol. The zero-order valence-electron chi connectivity index (χ0n) is 16.3. The van der Waals surface area contributed by atoms with Gasteiger partial charge in [0.15, 0.2) is 9.84 Å². The van der Waals surface area contributed by atoms with Gasteiger partial charge in [0.05, 0.1) is 4.90 Å². The molecule has 28 heavy (non-hydrogen) atoms. The molecule has 0 aliphatic heterocycles. The van der Waals surface area contributed by atoms with Crippen LogP contribution in [0.5, 0.6) is 0 Å². The van der Waals surface area contributed by atoms with E-state index in [0.29, 0.717) is 17.5 Å². The maximum absolute atomic E-state index is 11.7. The van der Waals surface area contributed by atoms with Crippen molar-refractivity contribution in [3.05, 3.63) is 64.7 Å². The molecule has 0 aromatic heterocycles. The Morgan fingerprint density at radius 1 is 1.14 bits per heavy atom. The number of hydrogen-bond donors (Lipinski definition) is 2. The summed E-state index contributed by atoms with van der Waals surface area (Å²) in [6.07, 6.45) is 6.31. The largest absolute Gasteiger partial charge is 0.330 e. The zero-order valence-corrected chi connectivity index (χ0v) is 17.9. The van der Waals surface area contributed by atoms with E-state index in [0.717, 1.165) is 49.2 Å². The number of benzene rings is 2. The molecule has 1 aliphatic carbocycles. The van der Waals surface area contributed by atoms with Gasteiger partial charge < -0.3 is 11.1 Å². The van der Waals surface area contributed by atoms with Gasteiger partial charge in [-0.15, -0.1) is 0 Å². The van der Waals surface area contributed by atoms with Crippen LogP contribution in [0, 0.1) is 0 Å². The number of sulfone groups is 1. The molecule has 2 aromatic rings. The summed E-state index contributed by atoms with van der Waals surface area (Å²) in [5, 5.41) is 4.40. The fraction of sp³-hybridized carbons (Fsp3) is 0.455. The summed E-state index contributed by atoms with van der Waals surface area (Å²) >= 11 is 6.19. The minimum absolute atomic E-state index is 0.0207. The molecule has 3 rings (SSSR count). The van der Waals surface area contributed by atoms with Gasteiger partial charge in [0.25, 0.3) is 0 Å². The van der Waals surface area contributed by atoms with Gasteiger partial charge in [-0.1, -0.05) is 35.9 Å². The molecular weight excluding hydrogens is 392 g/mol. The average Bonchev–Trinajstić information content (AvgIpc) is 2.68. The first kappa shape index (κ1) is 21.3. The van der Waals surface area contributed by atoms with Crippen LogP contribution in [0.25, 0.3) is 0 Å². The summed E-state index contributed by atoms with van der Waals surface area (Å²) in [6.45, 7) is 1.48. The molecule has 1 saturated carbocycles. The molecule has 0 bridgehead atoms. The van der Waals surface area contributed by atoms with Crippen molar-refractivity contribution in [1.82, 2.24) is 5.32 Å². The van der Waals surface area contributed by atoms with E-state index in [2.05, 4.69) is 17.4 Å². The van der Waals surface area contributed by atoms with Crippen LogP contribution in [-0.4, -0.2) is 33.8 Å². The minimum atomic E-state index is -3.16. The van der Waals surface area contributed by atoms with Crippen LogP contribution in [0.3, 0.4) is 0 Å². The number of nitrogens with one attached hydrogen (secondary N) is 1. The monoisotopic (exact) mass is 420 g/mol. The minimum Gasteiger partial charge on any atom is -0.330 e. The van der Waals surface area contributed by atoms with Crippen molar-refractivity contribution in [1.29, 1.82) is 0 Å². The van der Waals surface area contributed by atoms with E-state index in [1.54, 1.807) is 12.1 Å². The Hall–Kier alpha value is -1.40. The van der Waals surface area contributed by atoms with E-state index in [9.17, 15) is 8.42 Å². The lowest BCUT2D eigenvalue weighted by Crippen LogP contribution is -2.44. The molecule has 0 spiro atoms. The van der Waals surface area contributed by atoms with Crippen LogP contribution >= 0.6 is 11.6 Å². The molecule has 4 nitrogen and oxygen atoms in total. The van der Waals surface area contributed by atoms with Crippen molar-refractivity contribution in [3.8, 4) is 0 Å². The van der Waals surface area contributed by atoms with E-state index < -0.39 is 9.84 Å². The number of hydrogen-bond acceptors (Lipinski definition) is 4. The highest BCUT2D eigenvalue weighted by molar-refractivity contribution is 7.90. The van der Waals surface area contributed by atoms with E-state index in [1.807, 2.05) is 24.3 Å². The van der Waals surface area contributed by atoms with Crippen molar-refractivity contribution in [3.63, 3.8) is 0 Å². The molecule has 0 heterocycles. The SMILES string of the molecule is CS(=O)(=O)c1cccc(CCN[C@H]2CC[C@](CN)(c3cccc(Cl)c3)CC2)c1. The molecule has 0 amide bonds. The Labute approximate surface area is 173 Å². The second-order valence-electron chi connectivity index (χ2n) is 7.89. The smallest absolute Gasteiger partial charge is 0.175 e. The third kappa shape index (κ3) is 5.15. The molecule has 6 heteroatoms. The van der Waals surface area contributed by atoms with Crippen molar-refractivity contribution >= 4 is 21.4 Å². The number of nitrogens with two attached hydrogens (primary N) is 1. The van der Waals surface area contributed by atoms with Gasteiger partial charge in [-0.3, -0.25) is 0 Å². The Morgan fingerprint density at radius 2 is 1.86 bits per heavy atom. The van der Waals surface area contributed by atoms with Gasteiger partial charge in [-0.2, -0.15) is 0 Å². The van der Waals surface area contributed by atoms with Crippen LogP contribution in [0.1, 0.15) is 36.8 Å². The van der Waals surface area contributed by atoms with Crippen LogP contribution in [-0.2, 0) is 21.7 Å². The molecule has 1 aliphatic rings. The maximum Gasteiger partial charge on any atom is 0.175 e. The highest BCUT2D eigenvalue weighted by Crippen LogP contribution is 2.39. The maximum atomic E-state index is 11.7. The molecule has 0 radical (unpaired) electrons. The van der Waals surface area contributed by atoms with Gasteiger partial charge in [-0.05, 0) is 74.0 Å². The Kier molecular flexibility index (Phi) is 6.81. The number of rotatable bonds is 7. The standard InChI is InChI=1S/C22H29ClN2O2S/c1-28(26,27)21-7-2-4-17(14-21)10-13-25-20-8-11-22(16-24,12-9-20)18-5-3-6-19(23)15-18/h2-7,14-15,20,25H,8-13,16,24H2,1H3/t20-,22-. The summed E-state index contributed by atoms with van der Waals surface area (Å²) in [4.78, 5) is 0.386. The van der Waals surface area contributed by atoms with Gasteiger partial charge in [0.2, 0.25) is 0 Å². The molecule has 1 fully saturated rings. The van der Waals surface area contributed by atoms with Crippen molar-refractivity contribution in [2.45, 2.75) is 48.5 Å². The van der Waals surface area contributed by atoms with Crippen LogP contribution in [0.15, 0.2) is 53.4 Å². The number of halogens is 1. The van der Waals surface area contributed by atoms with E-state index in [-0.39, 0.29) is 5.41 Å². The van der Waals surface area contributed by atoms with Gasteiger partial charge in [0.1, 0.15) is 0 Å². The van der Waals surface area contributed by atoms with Crippen LogP contribution in [0.2, 0.25) is 5.02 Å². The summed E-state index contributed by atoms with van der Waals surface area (Å²) in [5.74, 6) is 0. The Morgan fingerprint density at radius 3 is 2.50 bits per heavy atom. The summed E-state index contributed by atoms with van der Waals surface area (Å²) in [5.41, 5.74) is 8.49. The van der Waals surface area contributed by atoms with E-state index >= 15 is 0 Å². The lowest BCUT2D eigenvalue weighted by atomic mass is 9.68. The molecule has 0 saturated heterocycles. The normalized spacial score (nSPS) is 22.9. The second kappa shape index (κ2) is 8.95. The highest BCUT2D eigenvalue weighted by atomic mass is 35.5. The molecule has 0 atom stereocenters. The topological polar surface area (TPSA) is 72.2 Å². The van der Waals surface area contributed by atoms with Gasteiger partial charge >= 0.3 is 0 Å². The van der Waals surface area contributed by atoms with Crippen molar-refractivity contribution in [2.75, 3.05) is 19.3 Å². The first-order chi connectivity index (χ1) is 13.3.